The largest absolute Gasteiger partial charge is 0.418 e. The second-order valence-electron chi connectivity index (χ2n) is 7.82. The molecule has 4 rings (SSSR count). The van der Waals surface area contributed by atoms with Crippen molar-refractivity contribution in [1.82, 2.24) is 9.88 Å². The second kappa shape index (κ2) is 10.9. The maximum Gasteiger partial charge on any atom is 0.418 e. The third-order valence-corrected chi connectivity index (χ3v) is 6.42. The fourth-order valence-electron chi connectivity index (χ4n) is 3.71. The fourth-order valence-corrected chi connectivity index (χ4v) is 4.60. The van der Waals surface area contributed by atoms with E-state index < -0.39 is 29.4 Å². The number of amides is 2. The van der Waals surface area contributed by atoms with Gasteiger partial charge in [0.25, 0.3) is 5.91 Å². The third-order valence-electron chi connectivity index (χ3n) is 5.37. The van der Waals surface area contributed by atoms with Gasteiger partial charge in [0.1, 0.15) is 5.82 Å². The summed E-state index contributed by atoms with van der Waals surface area (Å²) in [6.07, 6.45) is -2.76. The van der Waals surface area contributed by atoms with Crippen LogP contribution in [0.4, 0.5) is 23.2 Å². The summed E-state index contributed by atoms with van der Waals surface area (Å²) in [5, 5.41) is 5.91. The number of nitrogens with zero attached hydrogens (tertiary/aromatic N) is 1. The van der Waals surface area contributed by atoms with Crippen molar-refractivity contribution in [3.63, 3.8) is 0 Å². The van der Waals surface area contributed by atoms with E-state index in [0.717, 1.165) is 21.9 Å². The molecule has 0 spiro atoms. The van der Waals surface area contributed by atoms with Crippen molar-refractivity contribution >= 4 is 40.2 Å². The van der Waals surface area contributed by atoms with Crippen molar-refractivity contribution in [2.45, 2.75) is 17.6 Å². The molecule has 0 saturated carbocycles. The van der Waals surface area contributed by atoms with Gasteiger partial charge in [-0.3, -0.25) is 9.59 Å². The molecule has 0 fully saturated rings. The highest BCUT2D eigenvalue weighted by Gasteiger charge is 2.33. The van der Waals surface area contributed by atoms with Crippen molar-refractivity contribution in [1.29, 1.82) is 0 Å². The van der Waals surface area contributed by atoms with E-state index in [4.69, 9.17) is 0 Å². The molecule has 0 radical (unpaired) electrons. The molecule has 4 aromatic rings. The fraction of sp³-hybridized carbons (Fsp3) is 0.154. The van der Waals surface area contributed by atoms with E-state index in [2.05, 4.69) is 10.6 Å². The molecule has 0 aliphatic carbocycles. The maximum atomic E-state index is 13.8. The van der Waals surface area contributed by atoms with Crippen LogP contribution in [0.15, 0.2) is 83.9 Å². The number of thioether (sulfide) groups is 1. The molecular weight excluding hydrogens is 494 g/mol. The van der Waals surface area contributed by atoms with Gasteiger partial charge in [0, 0.05) is 35.1 Å². The Morgan fingerprint density at radius 1 is 0.917 bits per heavy atom. The molecule has 0 aliphatic rings. The molecule has 1 aromatic heterocycles. The van der Waals surface area contributed by atoms with Gasteiger partial charge in [-0.2, -0.15) is 13.2 Å². The number of carbonyl (C=O) groups is 2. The summed E-state index contributed by atoms with van der Waals surface area (Å²) in [6, 6.07) is 18.0. The first kappa shape index (κ1) is 25.3. The average Bonchev–Trinajstić information content (AvgIpc) is 3.20. The number of hydrogen-bond donors (Lipinski definition) is 2. The normalized spacial score (nSPS) is 11.4. The standard InChI is InChI=1S/C26H21F4N3O2S/c27-20-10-4-1-7-17(20)25(35)31-13-14-33-15-23(18-8-2-6-12-22(18)33)36-16-24(34)32-21-11-5-3-9-19(21)26(28,29)30/h1-12,15H,13-14,16H2,(H,31,35)(H,32,34). The molecule has 2 N–H and O–H groups in total. The Balaban J connectivity index is 1.41. The van der Waals surface area contributed by atoms with Crippen LogP contribution < -0.4 is 10.6 Å². The van der Waals surface area contributed by atoms with Crippen molar-refractivity contribution < 1.29 is 27.2 Å². The summed E-state index contributed by atoms with van der Waals surface area (Å²) in [4.78, 5) is 25.5. The van der Waals surface area contributed by atoms with E-state index in [0.29, 0.717) is 6.54 Å². The molecule has 3 aromatic carbocycles. The Morgan fingerprint density at radius 2 is 1.61 bits per heavy atom. The van der Waals surface area contributed by atoms with Gasteiger partial charge in [-0.15, -0.1) is 11.8 Å². The molecule has 0 bridgehead atoms. The lowest BCUT2D eigenvalue weighted by atomic mass is 10.1. The molecular formula is C26H21F4N3O2S. The summed E-state index contributed by atoms with van der Waals surface area (Å²) < 4.78 is 55.3. The minimum absolute atomic E-state index is 0.0378. The lowest BCUT2D eigenvalue weighted by Gasteiger charge is -2.13. The van der Waals surface area contributed by atoms with Gasteiger partial charge >= 0.3 is 6.18 Å². The highest BCUT2D eigenvalue weighted by molar-refractivity contribution is 8.00. The van der Waals surface area contributed by atoms with Crippen LogP contribution in [0.25, 0.3) is 10.9 Å². The number of halogens is 4. The van der Waals surface area contributed by atoms with Crippen molar-refractivity contribution in [2.24, 2.45) is 0 Å². The smallest absolute Gasteiger partial charge is 0.350 e. The predicted molar refractivity (Wildman–Crippen MR) is 131 cm³/mol. The Morgan fingerprint density at radius 3 is 2.39 bits per heavy atom. The molecule has 0 saturated heterocycles. The van der Waals surface area contributed by atoms with Gasteiger partial charge in [-0.25, -0.2) is 4.39 Å². The summed E-state index contributed by atoms with van der Waals surface area (Å²) in [7, 11) is 0. The number of hydrogen-bond acceptors (Lipinski definition) is 3. The van der Waals surface area contributed by atoms with E-state index in [-0.39, 0.29) is 23.5 Å². The van der Waals surface area contributed by atoms with Crippen molar-refractivity contribution in [3.8, 4) is 0 Å². The van der Waals surface area contributed by atoms with E-state index in [1.165, 1.54) is 48.2 Å². The molecule has 0 unspecified atom stereocenters. The number of fused-ring (bicyclic) bond motifs is 1. The van der Waals surface area contributed by atoms with Crippen LogP contribution in [0.3, 0.4) is 0 Å². The molecule has 2 amide bonds. The number of alkyl halides is 3. The van der Waals surface area contributed by atoms with Gasteiger partial charge in [-0.05, 0) is 30.3 Å². The number of carbonyl (C=O) groups excluding carboxylic acids is 2. The zero-order chi connectivity index (χ0) is 25.7. The Hall–Kier alpha value is -3.79. The lowest BCUT2D eigenvalue weighted by molar-refractivity contribution is -0.137. The molecule has 5 nitrogen and oxygen atoms in total. The SMILES string of the molecule is O=C(CSc1cn(CCNC(=O)c2ccccc2F)c2ccccc12)Nc1ccccc1C(F)(F)F. The van der Waals surface area contributed by atoms with Gasteiger partial charge < -0.3 is 15.2 Å². The molecule has 10 heteroatoms. The summed E-state index contributed by atoms with van der Waals surface area (Å²) in [6.45, 7) is 0.636. The van der Waals surface area contributed by atoms with Crippen LogP contribution in [-0.2, 0) is 17.5 Å². The van der Waals surface area contributed by atoms with Crippen LogP contribution in [0.5, 0.6) is 0 Å². The number of rotatable bonds is 8. The summed E-state index contributed by atoms with van der Waals surface area (Å²) in [5.74, 6) is -1.78. The van der Waals surface area contributed by atoms with E-state index in [9.17, 15) is 27.2 Å². The first-order valence-corrected chi connectivity index (χ1v) is 11.9. The first-order chi connectivity index (χ1) is 17.2. The molecule has 186 valence electrons. The topological polar surface area (TPSA) is 63.1 Å². The maximum absolute atomic E-state index is 13.8. The summed E-state index contributed by atoms with van der Waals surface area (Å²) >= 11 is 1.20. The zero-order valence-corrected chi connectivity index (χ0v) is 19.6. The predicted octanol–water partition coefficient (Wildman–Crippen LogP) is 5.96. The Labute approximate surface area is 208 Å². The van der Waals surface area contributed by atoms with Gasteiger partial charge in [0.15, 0.2) is 0 Å². The highest BCUT2D eigenvalue weighted by Crippen LogP contribution is 2.35. The monoisotopic (exact) mass is 515 g/mol. The Bertz CT molecular complexity index is 1400. The second-order valence-corrected chi connectivity index (χ2v) is 8.84. The van der Waals surface area contributed by atoms with Crippen molar-refractivity contribution in [2.75, 3.05) is 17.6 Å². The lowest BCUT2D eigenvalue weighted by Crippen LogP contribution is -2.27. The quantitative estimate of drug-likeness (QED) is 0.225. The van der Waals surface area contributed by atoms with Crippen LogP contribution in [0, 0.1) is 5.82 Å². The van der Waals surface area contributed by atoms with E-state index in [1.54, 1.807) is 6.07 Å². The van der Waals surface area contributed by atoms with E-state index in [1.807, 2.05) is 35.0 Å². The molecule has 1 heterocycles. The van der Waals surface area contributed by atoms with Gasteiger partial charge in [-0.1, -0.05) is 42.5 Å². The number of anilines is 1. The molecule has 0 aliphatic heterocycles. The van der Waals surface area contributed by atoms with Gasteiger partial charge in [0.05, 0.1) is 22.6 Å². The molecule has 0 atom stereocenters. The number of aromatic nitrogens is 1. The number of para-hydroxylation sites is 2. The summed E-state index contributed by atoms with van der Waals surface area (Å²) in [5.41, 5.74) is -0.367. The average molecular weight is 516 g/mol. The minimum Gasteiger partial charge on any atom is -0.350 e. The first-order valence-electron chi connectivity index (χ1n) is 10.9. The Kier molecular flexibility index (Phi) is 7.64. The van der Waals surface area contributed by atoms with Crippen LogP contribution in [-0.4, -0.2) is 28.7 Å². The third kappa shape index (κ3) is 5.88. The van der Waals surface area contributed by atoms with Crippen molar-refractivity contribution in [3.05, 3.63) is 95.9 Å². The molecule has 36 heavy (non-hydrogen) atoms. The van der Waals surface area contributed by atoms with Crippen LogP contribution in [0.1, 0.15) is 15.9 Å². The van der Waals surface area contributed by atoms with E-state index >= 15 is 0 Å². The minimum atomic E-state index is -4.58. The number of benzene rings is 3. The number of nitrogens with one attached hydrogen (secondary N) is 2. The van der Waals surface area contributed by atoms with Gasteiger partial charge in [0.2, 0.25) is 5.91 Å². The van der Waals surface area contributed by atoms with Crippen LogP contribution >= 0.6 is 11.8 Å². The highest BCUT2D eigenvalue weighted by atomic mass is 32.2. The van der Waals surface area contributed by atoms with Crippen LogP contribution in [0.2, 0.25) is 0 Å². The zero-order valence-electron chi connectivity index (χ0n) is 18.8.